The first-order chi connectivity index (χ1) is 6.31. The lowest BCUT2D eigenvalue weighted by Gasteiger charge is -2.22. The SMILES string of the molecule is NCC(=O)[N+](O)(CC(=O)O)CC(=O)O. The zero-order chi connectivity index (χ0) is 11.4. The summed E-state index contributed by atoms with van der Waals surface area (Å²) in [5.41, 5.74) is 4.90. The van der Waals surface area contributed by atoms with Crippen LogP contribution in [0.3, 0.4) is 0 Å². The topological polar surface area (TPSA) is 138 Å². The number of carbonyl (C=O) groups is 3. The van der Waals surface area contributed by atoms with E-state index in [2.05, 4.69) is 0 Å². The third-order valence-electron chi connectivity index (χ3n) is 1.43. The molecule has 0 rings (SSSR count). The standard InChI is InChI=1S/C6H10N2O6/c7-1-4(9)8(14,2-5(10)11)3-6(12)13/h14H,1-3,7H2,(H-,10,11,12,13)/p+1. The van der Waals surface area contributed by atoms with E-state index in [1.165, 1.54) is 0 Å². The lowest BCUT2D eigenvalue weighted by molar-refractivity contribution is -1.03. The Bertz CT molecular complexity index is 247. The van der Waals surface area contributed by atoms with Crippen LogP contribution in [0.5, 0.6) is 0 Å². The molecule has 5 N–H and O–H groups in total. The first-order valence-corrected chi connectivity index (χ1v) is 3.58. The lowest BCUT2D eigenvalue weighted by Crippen LogP contribution is -2.57. The summed E-state index contributed by atoms with van der Waals surface area (Å²) in [5, 5.41) is 26.1. The number of carboxylic acids is 2. The molecule has 0 aromatic carbocycles. The number of quaternary nitrogens is 1. The fourth-order valence-electron chi connectivity index (χ4n) is 0.850. The number of hydrogen-bond acceptors (Lipinski definition) is 5. The van der Waals surface area contributed by atoms with Crippen molar-refractivity contribution in [3.8, 4) is 0 Å². The molecule has 14 heavy (non-hydrogen) atoms. The maximum absolute atomic E-state index is 11.0. The summed E-state index contributed by atoms with van der Waals surface area (Å²) < 4.78 is -1.72. The monoisotopic (exact) mass is 207 g/mol. The zero-order valence-electron chi connectivity index (χ0n) is 7.21. The minimum Gasteiger partial charge on any atom is -0.477 e. The maximum atomic E-state index is 11.0. The van der Waals surface area contributed by atoms with Crippen LogP contribution in [0, 0.1) is 0 Å². The molecule has 0 aromatic heterocycles. The molecule has 0 aliphatic carbocycles. The van der Waals surface area contributed by atoms with Crippen LogP contribution in [0.15, 0.2) is 0 Å². The van der Waals surface area contributed by atoms with Crippen molar-refractivity contribution >= 4 is 17.8 Å². The largest absolute Gasteiger partial charge is 0.477 e. The molecule has 0 saturated heterocycles. The zero-order valence-corrected chi connectivity index (χ0v) is 7.21. The van der Waals surface area contributed by atoms with Gasteiger partial charge in [-0.15, -0.1) is 0 Å². The quantitative estimate of drug-likeness (QED) is 0.229. The van der Waals surface area contributed by atoms with Crippen LogP contribution < -0.4 is 5.73 Å². The summed E-state index contributed by atoms with van der Waals surface area (Å²) in [6.07, 6.45) is 0. The van der Waals surface area contributed by atoms with Gasteiger partial charge in [-0.25, -0.2) is 19.6 Å². The third-order valence-corrected chi connectivity index (χ3v) is 1.43. The second-order valence-corrected chi connectivity index (χ2v) is 2.62. The lowest BCUT2D eigenvalue weighted by atomic mass is 10.4. The second-order valence-electron chi connectivity index (χ2n) is 2.62. The van der Waals surface area contributed by atoms with E-state index in [0.717, 1.165) is 0 Å². The highest BCUT2D eigenvalue weighted by Gasteiger charge is 2.39. The normalized spacial score (nSPS) is 11.0. The Morgan fingerprint density at radius 1 is 1.07 bits per heavy atom. The molecular weight excluding hydrogens is 196 g/mol. The van der Waals surface area contributed by atoms with Crippen LogP contribution in [0.2, 0.25) is 0 Å². The van der Waals surface area contributed by atoms with Crippen LogP contribution in [-0.4, -0.2) is 57.5 Å². The predicted molar refractivity (Wildman–Crippen MR) is 41.1 cm³/mol. The summed E-state index contributed by atoms with van der Waals surface area (Å²) >= 11 is 0. The number of nitrogens with zero attached hydrogens (tertiary/aromatic N) is 1. The molecule has 0 aromatic rings. The second kappa shape index (κ2) is 4.65. The van der Waals surface area contributed by atoms with Gasteiger partial charge in [-0.3, -0.25) is 0 Å². The third kappa shape index (κ3) is 3.47. The Morgan fingerprint density at radius 3 is 1.64 bits per heavy atom. The maximum Gasteiger partial charge on any atom is 0.362 e. The van der Waals surface area contributed by atoms with Gasteiger partial charge >= 0.3 is 17.8 Å². The first kappa shape index (κ1) is 12.5. The Labute approximate surface area is 78.7 Å². The minimum atomic E-state index is -1.72. The Hall–Kier alpha value is -1.51. The van der Waals surface area contributed by atoms with Gasteiger partial charge in [0, 0.05) is 0 Å². The molecule has 8 nitrogen and oxygen atoms in total. The molecule has 80 valence electrons. The van der Waals surface area contributed by atoms with Gasteiger partial charge in [-0.05, 0) is 0 Å². The molecule has 0 radical (unpaired) electrons. The summed E-state index contributed by atoms with van der Waals surface area (Å²) in [5.74, 6) is -4.04. The molecule has 0 bridgehead atoms. The van der Waals surface area contributed by atoms with Crippen molar-refractivity contribution in [2.45, 2.75) is 0 Å². The van der Waals surface area contributed by atoms with Gasteiger partial charge in [0.2, 0.25) is 13.1 Å². The molecule has 0 aliphatic rings. The van der Waals surface area contributed by atoms with Crippen molar-refractivity contribution in [2.75, 3.05) is 19.6 Å². The van der Waals surface area contributed by atoms with Crippen molar-refractivity contribution in [3.05, 3.63) is 0 Å². The van der Waals surface area contributed by atoms with E-state index in [4.69, 9.17) is 15.9 Å². The Kier molecular flexibility index (Phi) is 4.15. The van der Waals surface area contributed by atoms with Crippen molar-refractivity contribution in [1.82, 2.24) is 0 Å². The Balaban J connectivity index is 4.74. The number of hydroxylamine groups is 3. The van der Waals surface area contributed by atoms with Gasteiger partial charge in [0.25, 0.3) is 0 Å². The van der Waals surface area contributed by atoms with Crippen LogP contribution in [-0.2, 0) is 14.4 Å². The predicted octanol–water partition coefficient (Wildman–Crippen LogP) is -2.15. The number of nitrogens with two attached hydrogens (primary N) is 1. The minimum absolute atomic E-state index is 0.628. The van der Waals surface area contributed by atoms with E-state index >= 15 is 0 Å². The number of carboxylic acid groups (broad SMARTS) is 2. The van der Waals surface area contributed by atoms with Gasteiger partial charge in [-0.2, -0.15) is 0 Å². The Morgan fingerprint density at radius 2 is 1.43 bits per heavy atom. The first-order valence-electron chi connectivity index (χ1n) is 3.58. The van der Waals surface area contributed by atoms with E-state index in [9.17, 15) is 19.6 Å². The highest BCUT2D eigenvalue weighted by molar-refractivity contribution is 5.78. The highest BCUT2D eigenvalue weighted by atomic mass is 16.6. The van der Waals surface area contributed by atoms with Crippen molar-refractivity contribution < 1.29 is 34.5 Å². The molecular formula is C6H11N2O6+. The van der Waals surface area contributed by atoms with Gasteiger partial charge in [0.1, 0.15) is 6.54 Å². The molecule has 1 amide bonds. The van der Waals surface area contributed by atoms with Crippen LogP contribution in [0.1, 0.15) is 0 Å². The van der Waals surface area contributed by atoms with Crippen LogP contribution in [0.4, 0.5) is 0 Å². The number of hydrogen-bond donors (Lipinski definition) is 4. The van der Waals surface area contributed by atoms with Crippen molar-refractivity contribution in [3.63, 3.8) is 0 Å². The highest BCUT2D eigenvalue weighted by Crippen LogP contribution is 2.01. The van der Waals surface area contributed by atoms with Gasteiger partial charge in [0.15, 0.2) is 0 Å². The fraction of sp³-hybridized carbons (Fsp3) is 0.500. The molecule has 0 fully saturated rings. The van der Waals surface area contributed by atoms with E-state index in [-0.39, 0.29) is 0 Å². The van der Waals surface area contributed by atoms with E-state index in [1.54, 1.807) is 0 Å². The van der Waals surface area contributed by atoms with E-state index in [1.807, 2.05) is 0 Å². The van der Waals surface area contributed by atoms with Gasteiger partial charge < -0.3 is 15.9 Å². The van der Waals surface area contributed by atoms with E-state index in [0.29, 0.717) is 0 Å². The van der Waals surface area contributed by atoms with Gasteiger partial charge in [-0.1, -0.05) is 4.65 Å². The molecule has 0 spiro atoms. The molecule has 0 saturated carbocycles. The molecule has 0 atom stereocenters. The number of amides is 1. The number of carbonyl (C=O) groups excluding carboxylic acids is 1. The summed E-state index contributed by atoms with van der Waals surface area (Å²) in [4.78, 5) is 31.5. The summed E-state index contributed by atoms with van der Waals surface area (Å²) in [6, 6.07) is 0. The smallest absolute Gasteiger partial charge is 0.362 e. The average molecular weight is 207 g/mol. The summed E-state index contributed by atoms with van der Waals surface area (Å²) in [7, 11) is 0. The fourth-order valence-corrected chi connectivity index (χ4v) is 0.850. The average Bonchev–Trinajstić information content (AvgIpc) is 1.99. The molecule has 0 unspecified atom stereocenters. The van der Waals surface area contributed by atoms with Gasteiger partial charge in [0.05, 0.1) is 0 Å². The molecule has 0 heterocycles. The van der Waals surface area contributed by atoms with Crippen LogP contribution >= 0.6 is 0 Å². The number of aliphatic carboxylic acids is 2. The van der Waals surface area contributed by atoms with Crippen molar-refractivity contribution in [1.29, 1.82) is 0 Å². The molecule has 0 aliphatic heterocycles. The van der Waals surface area contributed by atoms with E-state index < -0.39 is 42.1 Å². The number of rotatable bonds is 5. The molecule has 8 heteroatoms. The van der Waals surface area contributed by atoms with Crippen molar-refractivity contribution in [2.24, 2.45) is 5.73 Å². The van der Waals surface area contributed by atoms with Crippen LogP contribution in [0.25, 0.3) is 0 Å². The summed E-state index contributed by atoms with van der Waals surface area (Å²) in [6.45, 7) is -2.68.